The van der Waals surface area contributed by atoms with Gasteiger partial charge in [0.25, 0.3) is 0 Å². The average Bonchev–Trinajstić information content (AvgIpc) is 2.75. The lowest BCUT2D eigenvalue weighted by Crippen LogP contribution is -2.45. The van der Waals surface area contributed by atoms with E-state index in [1.807, 2.05) is 39.1 Å². The molecule has 23 heavy (non-hydrogen) atoms. The maximum Gasteiger partial charge on any atom is 0.233 e. The molecule has 0 aliphatic heterocycles. The summed E-state index contributed by atoms with van der Waals surface area (Å²) in [6.07, 6.45) is 7.68. The number of hydrogen-bond acceptors (Lipinski definition) is 4. The van der Waals surface area contributed by atoms with Crippen LogP contribution in [0.1, 0.15) is 40.0 Å². The Labute approximate surface area is 138 Å². The van der Waals surface area contributed by atoms with Crippen LogP contribution in [-0.4, -0.2) is 32.4 Å². The van der Waals surface area contributed by atoms with Crippen LogP contribution >= 0.6 is 0 Å². The maximum atomic E-state index is 12.6. The summed E-state index contributed by atoms with van der Waals surface area (Å²) in [5, 5.41) is 6.02. The SMILES string of the molecule is CCC(CC)(C(C)=O)C(=O)NCC1=C(OC)C=C(NC)CC=C1. The quantitative estimate of drug-likeness (QED) is 0.674. The van der Waals surface area contributed by atoms with Crippen LogP contribution in [0.5, 0.6) is 0 Å². The van der Waals surface area contributed by atoms with Crippen molar-refractivity contribution in [1.29, 1.82) is 0 Å². The molecule has 0 radical (unpaired) electrons. The lowest BCUT2D eigenvalue weighted by Gasteiger charge is -2.27. The summed E-state index contributed by atoms with van der Waals surface area (Å²) in [6.45, 7) is 5.57. The smallest absolute Gasteiger partial charge is 0.233 e. The zero-order valence-corrected chi connectivity index (χ0v) is 14.8. The monoisotopic (exact) mass is 320 g/mol. The van der Waals surface area contributed by atoms with Crippen LogP contribution in [0.15, 0.2) is 35.3 Å². The molecule has 128 valence electrons. The van der Waals surface area contributed by atoms with E-state index in [4.69, 9.17) is 4.74 Å². The number of ketones is 1. The number of allylic oxidation sites excluding steroid dienone is 2. The van der Waals surface area contributed by atoms with Crippen LogP contribution in [0.25, 0.3) is 0 Å². The molecular formula is C18H28N2O3. The highest BCUT2D eigenvalue weighted by atomic mass is 16.5. The zero-order chi connectivity index (χ0) is 17.5. The maximum absolute atomic E-state index is 12.6. The molecular weight excluding hydrogens is 292 g/mol. The van der Waals surface area contributed by atoms with Gasteiger partial charge in [0.05, 0.1) is 7.11 Å². The fraction of sp³-hybridized carbons (Fsp3) is 0.556. The fourth-order valence-corrected chi connectivity index (χ4v) is 2.80. The van der Waals surface area contributed by atoms with E-state index in [0.717, 1.165) is 17.7 Å². The number of methoxy groups -OCH3 is 1. The summed E-state index contributed by atoms with van der Waals surface area (Å²) in [5.74, 6) is 0.410. The van der Waals surface area contributed by atoms with Gasteiger partial charge in [-0.05, 0) is 25.8 Å². The van der Waals surface area contributed by atoms with Gasteiger partial charge in [0, 0.05) is 31.3 Å². The Balaban J connectivity index is 2.95. The Morgan fingerprint density at radius 1 is 1.30 bits per heavy atom. The van der Waals surface area contributed by atoms with E-state index in [2.05, 4.69) is 10.6 Å². The molecule has 1 aliphatic rings. The average molecular weight is 320 g/mol. The van der Waals surface area contributed by atoms with Crippen molar-refractivity contribution in [2.24, 2.45) is 5.41 Å². The number of ether oxygens (including phenoxy) is 1. The predicted molar refractivity (Wildman–Crippen MR) is 91.6 cm³/mol. The van der Waals surface area contributed by atoms with Gasteiger partial charge in [-0.25, -0.2) is 0 Å². The lowest BCUT2D eigenvalue weighted by molar-refractivity contribution is -0.141. The molecule has 1 rings (SSSR count). The van der Waals surface area contributed by atoms with E-state index in [1.165, 1.54) is 6.92 Å². The standard InChI is InChI=1S/C18H28N2O3/c1-6-18(7-2,13(3)21)17(22)20-12-14-9-8-10-15(19-4)11-16(14)23-5/h8-9,11,19H,6-7,10,12H2,1-5H3,(H,20,22). The highest BCUT2D eigenvalue weighted by molar-refractivity contribution is 6.05. The summed E-state index contributed by atoms with van der Waals surface area (Å²) >= 11 is 0. The molecule has 2 N–H and O–H groups in total. The van der Waals surface area contributed by atoms with Crippen molar-refractivity contribution in [1.82, 2.24) is 10.6 Å². The van der Waals surface area contributed by atoms with E-state index < -0.39 is 5.41 Å². The van der Waals surface area contributed by atoms with Crippen LogP contribution in [-0.2, 0) is 14.3 Å². The van der Waals surface area contributed by atoms with Gasteiger partial charge in [-0.15, -0.1) is 0 Å². The molecule has 5 nitrogen and oxygen atoms in total. The third kappa shape index (κ3) is 4.24. The minimum absolute atomic E-state index is 0.0882. The first-order valence-corrected chi connectivity index (χ1v) is 8.06. The van der Waals surface area contributed by atoms with Crippen molar-refractivity contribution < 1.29 is 14.3 Å². The van der Waals surface area contributed by atoms with Crippen LogP contribution in [0.2, 0.25) is 0 Å². The number of Topliss-reactive ketones (excluding diaryl/α,β-unsaturated/α-hetero) is 1. The molecule has 0 atom stereocenters. The Bertz CT molecular complexity index is 540. The number of amides is 1. The molecule has 0 saturated carbocycles. The Kier molecular flexibility index (Phi) is 7.07. The van der Waals surface area contributed by atoms with Crippen LogP contribution in [0.4, 0.5) is 0 Å². The van der Waals surface area contributed by atoms with Crippen molar-refractivity contribution in [2.75, 3.05) is 20.7 Å². The van der Waals surface area contributed by atoms with E-state index in [-0.39, 0.29) is 11.7 Å². The number of carbonyl (C=O) groups is 2. The van der Waals surface area contributed by atoms with Crippen molar-refractivity contribution in [3.05, 3.63) is 35.3 Å². The van der Waals surface area contributed by atoms with Crippen molar-refractivity contribution in [3.8, 4) is 0 Å². The first-order valence-electron chi connectivity index (χ1n) is 8.06. The summed E-state index contributed by atoms with van der Waals surface area (Å²) in [7, 11) is 3.47. The lowest BCUT2D eigenvalue weighted by atomic mass is 9.78. The van der Waals surface area contributed by atoms with Gasteiger partial charge in [-0.1, -0.05) is 26.0 Å². The minimum Gasteiger partial charge on any atom is -0.496 e. The minimum atomic E-state index is -0.936. The first-order chi connectivity index (χ1) is 10.9. The van der Waals surface area contributed by atoms with Gasteiger partial charge < -0.3 is 15.4 Å². The fourth-order valence-electron chi connectivity index (χ4n) is 2.80. The third-order valence-corrected chi connectivity index (χ3v) is 4.57. The molecule has 1 aliphatic carbocycles. The van der Waals surface area contributed by atoms with Gasteiger partial charge >= 0.3 is 0 Å². The van der Waals surface area contributed by atoms with Crippen LogP contribution in [0.3, 0.4) is 0 Å². The molecule has 5 heteroatoms. The van der Waals surface area contributed by atoms with Gasteiger partial charge in [0.2, 0.25) is 5.91 Å². The molecule has 0 saturated heterocycles. The highest BCUT2D eigenvalue weighted by Gasteiger charge is 2.39. The van der Waals surface area contributed by atoms with Gasteiger partial charge in [0.15, 0.2) is 0 Å². The molecule has 0 bridgehead atoms. The van der Waals surface area contributed by atoms with Gasteiger partial charge in [-0.2, -0.15) is 0 Å². The second-order valence-corrected chi connectivity index (χ2v) is 5.65. The van der Waals surface area contributed by atoms with E-state index >= 15 is 0 Å². The summed E-state index contributed by atoms with van der Waals surface area (Å²) in [4.78, 5) is 24.5. The predicted octanol–water partition coefficient (Wildman–Crippen LogP) is 2.46. The summed E-state index contributed by atoms with van der Waals surface area (Å²) < 4.78 is 5.43. The normalized spacial score (nSPS) is 14.9. The third-order valence-electron chi connectivity index (χ3n) is 4.57. The van der Waals surface area contributed by atoms with Crippen LogP contribution < -0.4 is 10.6 Å². The Hall–Kier alpha value is -2.04. The van der Waals surface area contributed by atoms with Crippen molar-refractivity contribution >= 4 is 11.7 Å². The number of nitrogens with one attached hydrogen (secondary N) is 2. The highest BCUT2D eigenvalue weighted by Crippen LogP contribution is 2.28. The second-order valence-electron chi connectivity index (χ2n) is 5.65. The molecule has 0 aromatic carbocycles. The Morgan fingerprint density at radius 2 is 1.96 bits per heavy atom. The summed E-state index contributed by atoms with van der Waals surface area (Å²) in [5.41, 5.74) is 0.990. The number of hydrogen-bond donors (Lipinski definition) is 2. The molecule has 0 spiro atoms. The van der Waals surface area contributed by atoms with E-state index in [1.54, 1.807) is 7.11 Å². The largest absolute Gasteiger partial charge is 0.496 e. The van der Waals surface area contributed by atoms with Crippen molar-refractivity contribution in [2.45, 2.75) is 40.0 Å². The molecule has 0 aromatic rings. The number of carbonyl (C=O) groups excluding carboxylic acids is 2. The molecule has 0 heterocycles. The molecule has 0 fully saturated rings. The Morgan fingerprint density at radius 3 is 2.43 bits per heavy atom. The second kappa shape index (κ2) is 8.56. The van der Waals surface area contributed by atoms with Crippen molar-refractivity contribution in [3.63, 3.8) is 0 Å². The topological polar surface area (TPSA) is 67.4 Å². The zero-order valence-electron chi connectivity index (χ0n) is 14.8. The van der Waals surface area contributed by atoms with Gasteiger partial charge in [-0.3, -0.25) is 9.59 Å². The molecule has 1 amide bonds. The molecule has 0 aromatic heterocycles. The van der Waals surface area contributed by atoms with E-state index in [0.29, 0.717) is 25.1 Å². The summed E-state index contributed by atoms with van der Waals surface area (Å²) in [6, 6.07) is 0. The number of rotatable bonds is 8. The first kappa shape index (κ1) is 19.0. The van der Waals surface area contributed by atoms with E-state index in [9.17, 15) is 9.59 Å². The van der Waals surface area contributed by atoms with Gasteiger partial charge in [0.1, 0.15) is 17.0 Å². The molecule has 0 unspecified atom stereocenters. The van der Waals surface area contributed by atoms with Crippen LogP contribution in [0, 0.1) is 5.41 Å².